The molecule has 3 heterocycles. The van der Waals surface area contributed by atoms with Gasteiger partial charge < -0.3 is 30.0 Å². The van der Waals surface area contributed by atoms with Crippen LogP contribution in [0.2, 0.25) is 0 Å². The molecule has 2 aliphatic heterocycles. The van der Waals surface area contributed by atoms with Crippen molar-refractivity contribution < 1.29 is 23.5 Å². The summed E-state index contributed by atoms with van der Waals surface area (Å²) in [7, 11) is 3.37. The molecule has 1 aromatic carbocycles. The van der Waals surface area contributed by atoms with Gasteiger partial charge in [0.1, 0.15) is 18.4 Å². The van der Waals surface area contributed by atoms with Gasteiger partial charge >= 0.3 is 5.97 Å². The number of carbonyl (C=O) groups is 1. The fourth-order valence-electron chi connectivity index (χ4n) is 5.15. The number of anilines is 2. The third kappa shape index (κ3) is 2.80. The molecule has 32 heavy (non-hydrogen) atoms. The number of benzene rings is 1. The number of likely N-dealkylation sites (tertiary alicyclic amines) is 1. The van der Waals surface area contributed by atoms with Crippen LogP contribution in [0.3, 0.4) is 0 Å². The van der Waals surface area contributed by atoms with Crippen LogP contribution in [0.1, 0.15) is 29.2 Å². The predicted molar refractivity (Wildman–Crippen MR) is 114 cm³/mol. The Kier molecular flexibility index (Phi) is 4.45. The van der Waals surface area contributed by atoms with Crippen LogP contribution in [0.5, 0.6) is 0 Å². The van der Waals surface area contributed by atoms with Crippen molar-refractivity contribution in [3.63, 3.8) is 0 Å². The normalized spacial score (nSPS) is 21.5. The number of pyridine rings is 1. The van der Waals surface area contributed by atoms with E-state index in [1.807, 2.05) is 7.05 Å². The summed E-state index contributed by atoms with van der Waals surface area (Å²) in [5, 5.41) is 13.1. The van der Waals surface area contributed by atoms with Crippen LogP contribution < -0.4 is 16.1 Å². The summed E-state index contributed by atoms with van der Waals surface area (Å²) >= 11 is 0. The monoisotopic (exact) mass is 447 g/mol. The predicted octanol–water partition coefficient (Wildman–Crippen LogP) is 1.65. The van der Waals surface area contributed by atoms with Crippen LogP contribution in [0.15, 0.2) is 16.1 Å². The summed E-state index contributed by atoms with van der Waals surface area (Å²) in [4.78, 5) is 33.0. The maximum absolute atomic E-state index is 16.0. The molecule has 1 aromatic heterocycles. The molecular weight excluding hydrogens is 424 g/mol. The Balaban J connectivity index is 1.73. The van der Waals surface area contributed by atoms with E-state index in [4.69, 9.17) is 10.6 Å². The van der Waals surface area contributed by atoms with Crippen molar-refractivity contribution in [3.05, 3.63) is 33.6 Å². The summed E-state index contributed by atoms with van der Waals surface area (Å²) in [6, 6.07) is -0.167. The van der Waals surface area contributed by atoms with E-state index in [9.17, 15) is 14.7 Å². The molecule has 11 heteroatoms. The molecule has 0 unspecified atom stereocenters. The molecule has 0 bridgehead atoms. The lowest BCUT2D eigenvalue weighted by molar-refractivity contribution is 0.0694. The first-order valence-corrected chi connectivity index (χ1v) is 10.3. The number of nitrogens with zero attached hydrogens (tertiary/aromatic N) is 4. The largest absolute Gasteiger partial charge is 0.477 e. The van der Waals surface area contributed by atoms with E-state index in [1.54, 1.807) is 0 Å². The molecule has 0 radical (unpaired) electrons. The van der Waals surface area contributed by atoms with E-state index >= 15 is 8.78 Å². The van der Waals surface area contributed by atoms with E-state index in [0.29, 0.717) is 38.2 Å². The number of aromatic carboxylic acids is 1. The van der Waals surface area contributed by atoms with Crippen LogP contribution in [-0.4, -0.2) is 66.6 Å². The van der Waals surface area contributed by atoms with Gasteiger partial charge in [-0.25, -0.2) is 13.6 Å². The maximum Gasteiger partial charge on any atom is 0.341 e. The first-order valence-electron chi connectivity index (χ1n) is 10.3. The highest BCUT2D eigenvalue weighted by Crippen LogP contribution is 2.45. The fraction of sp³-hybridized carbons (Fsp3) is 0.476. The van der Waals surface area contributed by atoms with Gasteiger partial charge in [0, 0.05) is 31.9 Å². The number of aromatic nitrogens is 1. The fourth-order valence-corrected chi connectivity index (χ4v) is 5.15. The molecule has 3 N–H and O–H groups in total. The van der Waals surface area contributed by atoms with Crippen LogP contribution in [-0.2, 0) is 4.84 Å². The van der Waals surface area contributed by atoms with Gasteiger partial charge in [0.05, 0.1) is 34.3 Å². The molecular formula is C21H23F2N5O4. The van der Waals surface area contributed by atoms with Gasteiger partial charge in [-0.15, -0.1) is 0 Å². The number of rotatable bonds is 4. The van der Waals surface area contributed by atoms with Crippen molar-refractivity contribution in [3.8, 4) is 0 Å². The number of hydrogen-bond acceptors (Lipinski definition) is 7. The Hall–Kier alpha value is -3.21. The summed E-state index contributed by atoms with van der Waals surface area (Å²) in [6.07, 6.45) is 2.54. The highest BCUT2D eigenvalue weighted by molar-refractivity contribution is 6.02. The lowest BCUT2D eigenvalue weighted by Gasteiger charge is -2.45. The molecule has 3 aliphatic rings. The van der Waals surface area contributed by atoms with Crippen molar-refractivity contribution in [1.29, 1.82) is 0 Å². The topological polar surface area (TPSA) is 113 Å². The number of fused-ring (bicyclic) bond motifs is 1. The average Bonchev–Trinajstić information content (AvgIpc) is 3.49. The van der Waals surface area contributed by atoms with Crippen molar-refractivity contribution in [2.75, 3.05) is 51.0 Å². The van der Waals surface area contributed by atoms with Crippen molar-refractivity contribution in [2.24, 2.45) is 10.6 Å². The maximum atomic E-state index is 16.0. The van der Waals surface area contributed by atoms with Gasteiger partial charge in [-0.2, -0.15) is 0 Å². The Morgan fingerprint density at radius 2 is 1.97 bits per heavy atom. The summed E-state index contributed by atoms with van der Waals surface area (Å²) in [6.45, 7) is 1.82. The number of nitrogens with two attached hydrogens (primary N) is 1. The van der Waals surface area contributed by atoms with Crippen LogP contribution in [0.4, 0.5) is 20.2 Å². The molecule has 0 amide bonds. The summed E-state index contributed by atoms with van der Waals surface area (Å²) in [5.41, 5.74) is 3.73. The number of oxime groups is 1. The van der Waals surface area contributed by atoms with Crippen LogP contribution in [0, 0.1) is 17.0 Å². The minimum absolute atomic E-state index is 0.154. The standard InChI is InChI=1S/C21H23F2N5O4/c1-26-7-21(8-26)9-27(6-12(21)25-32-2)18-14(22)16(24)13-17(15(18)23)28(10-3-4-10)5-11(19(13)29)20(30)31/h5,10H,3-4,6-9,24H2,1-2H3,(H,30,31)/b25-12+. The highest BCUT2D eigenvalue weighted by Gasteiger charge is 2.52. The smallest absolute Gasteiger partial charge is 0.341 e. The van der Waals surface area contributed by atoms with Gasteiger partial charge in [-0.05, 0) is 19.9 Å². The Bertz CT molecular complexity index is 1250. The van der Waals surface area contributed by atoms with Crippen molar-refractivity contribution in [2.45, 2.75) is 18.9 Å². The molecule has 1 saturated carbocycles. The van der Waals surface area contributed by atoms with E-state index in [2.05, 4.69) is 10.1 Å². The second-order valence-electron chi connectivity index (χ2n) is 8.96. The molecule has 1 spiro atoms. The summed E-state index contributed by atoms with van der Waals surface area (Å²) in [5.74, 6) is -3.46. The number of hydrogen-bond donors (Lipinski definition) is 2. The van der Waals surface area contributed by atoms with E-state index in [-0.39, 0.29) is 29.2 Å². The lowest BCUT2D eigenvalue weighted by Crippen LogP contribution is -2.59. The van der Waals surface area contributed by atoms with Crippen LogP contribution >= 0.6 is 0 Å². The first kappa shape index (κ1) is 20.7. The minimum Gasteiger partial charge on any atom is -0.477 e. The molecule has 1 aliphatic carbocycles. The molecule has 3 fully saturated rings. The molecule has 0 atom stereocenters. The van der Waals surface area contributed by atoms with Gasteiger partial charge in [-0.1, -0.05) is 5.16 Å². The molecule has 9 nitrogen and oxygen atoms in total. The van der Waals surface area contributed by atoms with Crippen molar-refractivity contribution >= 4 is 34.0 Å². The van der Waals surface area contributed by atoms with Crippen LogP contribution in [0.25, 0.3) is 10.9 Å². The third-order valence-electron chi connectivity index (χ3n) is 6.64. The zero-order valence-corrected chi connectivity index (χ0v) is 17.7. The third-order valence-corrected chi connectivity index (χ3v) is 6.64. The summed E-state index contributed by atoms with van der Waals surface area (Å²) < 4.78 is 32.9. The van der Waals surface area contributed by atoms with Gasteiger partial charge in [0.2, 0.25) is 5.43 Å². The average molecular weight is 447 g/mol. The second kappa shape index (κ2) is 6.89. The molecule has 170 valence electrons. The van der Waals surface area contributed by atoms with Gasteiger partial charge in [-0.3, -0.25) is 4.79 Å². The first-order chi connectivity index (χ1) is 15.2. The number of carboxylic acids is 1. The Morgan fingerprint density at radius 1 is 1.28 bits per heavy atom. The SMILES string of the molecule is CO/N=C1\CN(c2c(F)c(N)c3c(=O)c(C(=O)O)cn(C4CC4)c3c2F)CC12CN(C)C2. The van der Waals surface area contributed by atoms with Gasteiger partial charge in [0.15, 0.2) is 11.6 Å². The highest BCUT2D eigenvalue weighted by atomic mass is 19.1. The van der Waals surface area contributed by atoms with Crippen molar-refractivity contribution in [1.82, 2.24) is 9.47 Å². The number of nitrogen functional groups attached to an aromatic ring is 1. The zero-order chi connectivity index (χ0) is 22.9. The number of halogens is 2. The van der Waals surface area contributed by atoms with Gasteiger partial charge in [0.25, 0.3) is 0 Å². The number of carboxylic acid groups (broad SMARTS) is 1. The Morgan fingerprint density at radius 3 is 2.53 bits per heavy atom. The van der Waals surface area contributed by atoms with E-state index < -0.39 is 39.7 Å². The zero-order valence-electron chi connectivity index (χ0n) is 17.7. The molecule has 2 saturated heterocycles. The quantitative estimate of drug-likeness (QED) is 0.541. The lowest BCUT2D eigenvalue weighted by atomic mass is 9.78. The Labute approximate surface area is 181 Å². The van der Waals surface area contributed by atoms with E-state index in [0.717, 1.165) is 6.20 Å². The second-order valence-corrected chi connectivity index (χ2v) is 8.96. The molecule has 5 rings (SSSR count). The minimum atomic E-state index is -1.47. The van der Waals surface area contributed by atoms with E-state index in [1.165, 1.54) is 16.6 Å². The molecule has 2 aromatic rings.